The van der Waals surface area contributed by atoms with Crippen LogP contribution in [0.5, 0.6) is 0 Å². The molecule has 0 heterocycles. The van der Waals surface area contributed by atoms with E-state index in [0.29, 0.717) is 11.4 Å². The predicted octanol–water partition coefficient (Wildman–Crippen LogP) is 3.64. The third-order valence-electron chi connectivity index (χ3n) is 2.33. The lowest BCUT2D eigenvalue weighted by Crippen LogP contribution is -2.03. The molecule has 1 aromatic rings. The monoisotopic (exact) mass is 218 g/mol. The number of benzene rings is 1. The van der Waals surface area contributed by atoms with Crippen LogP contribution in [0.4, 0.5) is 0 Å². The molecule has 0 atom stereocenters. The van der Waals surface area contributed by atoms with Crippen molar-refractivity contribution >= 4 is 23.5 Å². The summed E-state index contributed by atoms with van der Waals surface area (Å²) in [4.78, 5) is 11.5. The van der Waals surface area contributed by atoms with Gasteiger partial charge in [0.15, 0.2) is 5.78 Å². The van der Waals surface area contributed by atoms with Crippen LogP contribution in [0.1, 0.15) is 18.4 Å². The van der Waals surface area contributed by atoms with Crippen LogP contribution in [0.15, 0.2) is 42.0 Å². The molecule has 0 bridgehead atoms. The maximum Gasteiger partial charge on any atom is 0.163 e. The summed E-state index contributed by atoms with van der Waals surface area (Å²) in [5.41, 5.74) is 1.74. The minimum Gasteiger partial charge on any atom is -0.294 e. The second-order valence-corrected chi connectivity index (χ2v) is 3.96. The fourth-order valence-corrected chi connectivity index (χ4v) is 1.77. The van der Waals surface area contributed by atoms with Crippen LogP contribution in [0.2, 0.25) is 5.02 Å². The standard InChI is InChI=1S/C13H11ClO/c14-12-6-3-4-10(9-12)8-11-5-1-2-7-13(11)15/h1,3-6,8-9H,2,7H2. The van der Waals surface area contributed by atoms with Gasteiger partial charge in [-0.25, -0.2) is 0 Å². The molecule has 15 heavy (non-hydrogen) atoms. The molecule has 0 aliphatic heterocycles. The molecule has 0 fully saturated rings. The molecule has 1 aromatic carbocycles. The first-order valence-corrected chi connectivity index (χ1v) is 5.30. The van der Waals surface area contributed by atoms with Gasteiger partial charge in [-0.15, -0.1) is 0 Å². The zero-order chi connectivity index (χ0) is 10.7. The van der Waals surface area contributed by atoms with E-state index in [1.165, 1.54) is 0 Å². The van der Waals surface area contributed by atoms with Gasteiger partial charge in [0.05, 0.1) is 0 Å². The highest BCUT2D eigenvalue weighted by atomic mass is 35.5. The average molecular weight is 219 g/mol. The van der Waals surface area contributed by atoms with Gasteiger partial charge in [-0.3, -0.25) is 4.79 Å². The first-order valence-electron chi connectivity index (χ1n) is 4.93. The molecule has 1 aliphatic carbocycles. The first kappa shape index (κ1) is 10.2. The van der Waals surface area contributed by atoms with Crippen molar-refractivity contribution in [2.75, 3.05) is 0 Å². The number of ketones is 1. The van der Waals surface area contributed by atoms with Gasteiger partial charge in [-0.2, -0.15) is 0 Å². The van der Waals surface area contributed by atoms with Crippen molar-refractivity contribution in [1.82, 2.24) is 0 Å². The number of hydrogen-bond acceptors (Lipinski definition) is 1. The van der Waals surface area contributed by atoms with Gasteiger partial charge < -0.3 is 0 Å². The molecule has 2 heteroatoms. The van der Waals surface area contributed by atoms with Crippen LogP contribution in [-0.4, -0.2) is 5.78 Å². The number of allylic oxidation sites excluding steroid dienone is 3. The Hall–Kier alpha value is -1.34. The van der Waals surface area contributed by atoms with Crippen molar-refractivity contribution in [3.05, 3.63) is 52.6 Å². The lowest BCUT2D eigenvalue weighted by atomic mass is 9.98. The number of carbonyl (C=O) groups excluding carboxylic acids is 1. The Labute approximate surface area is 94.1 Å². The molecule has 0 spiro atoms. The fourth-order valence-electron chi connectivity index (χ4n) is 1.57. The molecule has 1 nitrogen and oxygen atoms in total. The molecular weight excluding hydrogens is 208 g/mol. The number of carbonyl (C=O) groups is 1. The van der Waals surface area contributed by atoms with E-state index in [-0.39, 0.29) is 5.78 Å². The number of rotatable bonds is 1. The van der Waals surface area contributed by atoms with E-state index in [1.807, 2.05) is 42.5 Å². The van der Waals surface area contributed by atoms with E-state index in [1.54, 1.807) is 0 Å². The largest absolute Gasteiger partial charge is 0.294 e. The van der Waals surface area contributed by atoms with Gasteiger partial charge in [-0.05, 0) is 30.2 Å². The van der Waals surface area contributed by atoms with Crippen molar-refractivity contribution in [2.24, 2.45) is 0 Å². The van der Waals surface area contributed by atoms with Crippen molar-refractivity contribution < 1.29 is 4.79 Å². The van der Waals surface area contributed by atoms with E-state index in [4.69, 9.17) is 11.6 Å². The molecule has 0 saturated carbocycles. The van der Waals surface area contributed by atoms with Crippen LogP contribution in [-0.2, 0) is 4.79 Å². The van der Waals surface area contributed by atoms with Gasteiger partial charge in [0.2, 0.25) is 0 Å². The summed E-state index contributed by atoms with van der Waals surface area (Å²) < 4.78 is 0. The second kappa shape index (κ2) is 4.45. The molecular formula is C13H11ClO. The number of halogens is 1. The minimum atomic E-state index is 0.206. The van der Waals surface area contributed by atoms with E-state index in [0.717, 1.165) is 17.6 Å². The molecule has 76 valence electrons. The van der Waals surface area contributed by atoms with Crippen molar-refractivity contribution in [3.63, 3.8) is 0 Å². The Morgan fingerprint density at radius 1 is 1.33 bits per heavy atom. The van der Waals surface area contributed by atoms with Crippen LogP contribution in [0.25, 0.3) is 6.08 Å². The molecule has 0 saturated heterocycles. The highest BCUT2D eigenvalue weighted by Crippen LogP contribution is 2.18. The summed E-state index contributed by atoms with van der Waals surface area (Å²) in [7, 11) is 0. The van der Waals surface area contributed by atoms with E-state index < -0.39 is 0 Å². The van der Waals surface area contributed by atoms with E-state index in [2.05, 4.69) is 0 Å². The Bertz CT molecular complexity index is 444. The summed E-state index contributed by atoms with van der Waals surface area (Å²) in [6.45, 7) is 0. The van der Waals surface area contributed by atoms with Crippen molar-refractivity contribution in [2.45, 2.75) is 12.8 Å². The van der Waals surface area contributed by atoms with Crippen molar-refractivity contribution in [1.29, 1.82) is 0 Å². The van der Waals surface area contributed by atoms with Crippen molar-refractivity contribution in [3.8, 4) is 0 Å². The highest BCUT2D eigenvalue weighted by Gasteiger charge is 2.09. The normalized spacial score (nSPS) is 18.5. The summed E-state index contributed by atoms with van der Waals surface area (Å²) in [5, 5.41) is 0.691. The molecule has 0 radical (unpaired) electrons. The summed E-state index contributed by atoms with van der Waals surface area (Å²) in [6, 6.07) is 7.49. The van der Waals surface area contributed by atoms with Gasteiger partial charge >= 0.3 is 0 Å². The smallest absolute Gasteiger partial charge is 0.163 e. The number of hydrogen-bond donors (Lipinski definition) is 0. The van der Waals surface area contributed by atoms with E-state index >= 15 is 0 Å². The van der Waals surface area contributed by atoms with Crippen LogP contribution < -0.4 is 0 Å². The summed E-state index contributed by atoms with van der Waals surface area (Å²) in [6.07, 6.45) is 7.25. The Kier molecular flexibility index (Phi) is 3.02. The highest BCUT2D eigenvalue weighted by molar-refractivity contribution is 6.30. The maximum absolute atomic E-state index is 11.5. The Morgan fingerprint density at radius 2 is 2.20 bits per heavy atom. The average Bonchev–Trinajstić information content (AvgIpc) is 2.22. The SMILES string of the molecule is O=C1CCC=CC1=Cc1cccc(Cl)c1. The Balaban J connectivity index is 2.33. The third-order valence-corrected chi connectivity index (χ3v) is 2.56. The topological polar surface area (TPSA) is 17.1 Å². The van der Waals surface area contributed by atoms with Crippen LogP contribution >= 0.6 is 11.6 Å². The van der Waals surface area contributed by atoms with E-state index in [9.17, 15) is 4.79 Å². The quantitative estimate of drug-likeness (QED) is 0.658. The minimum absolute atomic E-state index is 0.206. The van der Waals surface area contributed by atoms with Gasteiger partial charge in [-0.1, -0.05) is 35.9 Å². The Morgan fingerprint density at radius 3 is 2.93 bits per heavy atom. The maximum atomic E-state index is 11.5. The molecule has 1 aliphatic rings. The first-order chi connectivity index (χ1) is 7.25. The molecule has 0 N–H and O–H groups in total. The van der Waals surface area contributed by atoms with Crippen LogP contribution in [0, 0.1) is 0 Å². The zero-order valence-electron chi connectivity index (χ0n) is 8.24. The van der Waals surface area contributed by atoms with Gasteiger partial charge in [0.1, 0.15) is 0 Å². The second-order valence-electron chi connectivity index (χ2n) is 3.52. The molecule has 0 unspecified atom stereocenters. The summed E-state index contributed by atoms with van der Waals surface area (Å²) >= 11 is 5.87. The van der Waals surface area contributed by atoms with Gasteiger partial charge in [0, 0.05) is 17.0 Å². The summed E-state index contributed by atoms with van der Waals surface area (Å²) in [5.74, 6) is 0.206. The lowest BCUT2D eigenvalue weighted by molar-refractivity contribution is -0.115. The molecule has 0 aromatic heterocycles. The van der Waals surface area contributed by atoms with Gasteiger partial charge in [0.25, 0.3) is 0 Å². The molecule has 0 amide bonds. The van der Waals surface area contributed by atoms with Crippen LogP contribution in [0.3, 0.4) is 0 Å². The number of Topliss-reactive ketones (excluding diaryl/α,β-unsaturated/α-hetero) is 1. The fraction of sp³-hybridized carbons (Fsp3) is 0.154. The lowest BCUT2D eigenvalue weighted by Gasteiger charge is -2.06. The predicted molar refractivity (Wildman–Crippen MR) is 62.8 cm³/mol. The molecule has 2 rings (SSSR count). The zero-order valence-corrected chi connectivity index (χ0v) is 9.00. The third kappa shape index (κ3) is 2.57.